The maximum Gasteiger partial charge on any atom is 0.202 e. The van der Waals surface area contributed by atoms with E-state index in [1.807, 2.05) is 52.3 Å². The van der Waals surface area contributed by atoms with Crippen LogP contribution in [0.1, 0.15) is 88.7 Å². The van der Waals surface area contributed by atoms with E-state index in [4.69, 9.17) is 10.5 Å². The average Bonchev–Trinajstić information content (AvgIpc) is 2.99. The molecule has 0 aliphatic heterocycles. The number of nitrogens with one attached hydrogen (secondary N) is 1. The molecule has 0 unspecified atom stereocenters. The van der Waals surface area contributed by atoms with Crippen LogP contribution in [0.5, 0.6) is 5.75 Å². The Hall–Kier alpha value is -2.34. The van der Waals surface area contributed by atoms with Crippen molar-refractivity contribution in [1.82, 2.24) is 9.13 Å². The van der Waals surface area contributed by atoms with Gasteiger partial charge in [-0.1, -0.05) is 54.4 Å². The summed E-state index contributed by atoms with van der Waals surface area (Å²) in [5, 5.41) is 28.1. The Morgan fingerprint density at radius 2 is 1.42 bits per heavy atom. The van der Waals surface area contributed by atoms with Crippen LogP contribution in [0.15, 0.2) is 24.5 Å². The Bertz CT molecular complexity index is 921. The highest BCUT2D eigenvalue weighted by Gasteiger charge is 2.27. The number of hydrogen-bond acceptors (Lipinski definition) is 4. The van der Waals surface area contributed by atoms with E-state index in [2.05, 4.69) is 0 Å². The van der Waals surface area contributed by atoms with Crippen molar-refractivity contribution in [2.45, 2.75) is 91.1 Å². The van der Waals surface area contributed by atoms with Gasteiger partial charge in [-0.2, -0.15) is 0 Å². The highest BCUT2D eigenvalue weighted by atomic mass is 16.3. The smallest absolute Gasteiger partial charge is 0.202 e. The molecule has 6 heteroatoms. The van der Waals surface area contributed by atoms with Crippen LogP contribution in [-0.2, 0) is 23.9 Å². The number of aliphatic hydroxyl groups excluding tert-OH is 1. The van der Waals surface area contributed by atoms with Crippen LogP contribution in [0, 0.1) is 5.41 Å². The number of aryl methyl sites for hydroxylation is 1. The monoisotopic (exact) mass is 429 g/mol. The van der Waals surface area contributed by atoms with Gasteiger partial charge in [0.15, 0.2) is 5.78 Å². The molecule has 0 saturated carbocycles. The van der Waals surface area contributed by atoms with Gasteiger partial charge in [-0.15, -0.1) is 0 Å². The van der Waals surface area contributed by atoms with Gasteiger partial charge in [0.05, 0.1) is 6.54 Å². The minimum absolute atomic E-state index is 0.0739. The molecule has 172 valence electrons. The molecule has 2 aromatic rings. The number of aromatic hydroxyl groups is 1. The first-order valence-corrected chi connectivity index (χ1v) is 11.2. The number of phenolic OH excluding ortho intramolecular Hbond substituents is 1. The second kappa shape index (κ2) is 9.86. The Morgan fingerprint density at radius 1 is 0.903 bits per heavy atom. The van der Waals surface area contributed by atoms with Gasteiger partial charge >= 0.3 is 0 Å². The number of Topliss-reactive ketones (excluding diaryl/α,β-unsaturated/α-hetero) is 1. The number of carbonyl (C=O) groups excluding carboxylic acids is 1. The number of nitrogens with zero attached hydrogens (tertiary/aromatic N) is 2. The molecule has 0 amide bonds. The third kappa shape index (κ3) is 6.33. The molecule has 0 radical (unpaired) electrons. The number of phenols is 1. The van der Waals surface area contributed by atoms with Crippen LogP contribution in [0.3, 0.4) is 0 Å². The largest absolute Gasteiger partial charge is 0.507 e. The fraction of sp³-hybridized carbons (Fsp3) is 0.600. The van der Waals surface area contributed by atoms with Crippen LogP contribution in [0.25, 0.3) is 0 Å². The number of imidazole rings is 1. The molecule has 0 atom stereocenters. The maximum atomic E-state index is 13.2. The van der Waals surface area contributed by atoms with Crippen molar-refractivity contribution < 1.29 is 15.0 Å². The lowest BCUT2D eigenvalue weighted by molar-refractivity contribution is 0.0969. The number of aliphatic hydroxyl groups is 1. The number of rotatable bonds is 9. The topological polar surface area (TPSA) is 91.2 Å². The van der Waals surface area contributed by atoms with Crippen LogP contribution in [0.2, 0.25) is 0 Å². The molecular weight excluding hydrogens is 390 g/mol. The van der Waals surface area contributed by atoms with E-state index >= 15 is 0 Å². The molecule has 1 heterocycles. The van der Waals surface area contributed by atoms with E-state index in [1.54, 1.807) is 22.9 Å². The lowest BCUT2D eigenvalue weighted by Gasteiger charge is -2.28. The van der Waals surface area contributed by atoms with Gasteiger partial charge in [0.2, 0.25) is 5.62 Å². The number of aromatic nitrogens is 2. The summed E-state index contributed by atoms with van der Waals surface area (Å²) in [6.07, 6.45) is 7.37. The third-order valence-electron chi connectivity index (χ3n) is 5.64. The van der Waals surface area contributed by atoms with Crippen molar-refractivity contribution in [3.05, 3.63) is 46.8 Å². The molecule has 3 N–H and O–H groups in total. The second-order valence-electron chi connectivity index (χ2n) is 10.4. The van der Waals surface area contributed by atoms with Crippen molar-refractivity contribution in [3.8, 4) is 5.75 Å². The first kappa shape index (κ1) is 24.9. The predicted octanol–water partition coefficient (Wildman–Crippen LogP) is 4.51. The summed E-state index contributed by atoms with van der Waals surface area (Å²) in [4.78, 5) is 13.2. The standard InChI is InChI=1S/C25H39N3O3/c1-24(2,3)19-15-18(16-20(22(19)31)25(4,5)6)21(30)17-28-13-12-27(23(28)26)11-9-7-8-10-14-29/h12-13,15-16,26,29,31H,7-11,14,17H2,1-6H3. The van der Waals surface area contributed by atoms with Gasteiger partial charge < -0.3 is 19.3 Å². The number of hydrogen-bond donors (Lipinski definition) is 3. The zero-order chi connectivity index (χ0) is 23.4. The van der Waals surface area contributed by atoms with Crippen LogP contribution < -0.4 is 5.62 Å². The van der Waals surface area contributed by atoms with E-state index in [-0.39, 0.29) is 35.5 Å². The SMILES string of the molecule is CC(C)(C)c1cc(C(=O)Cn2ccn(CCCCCCO)c2=N)cc(C(C)(C)C)c1O. The zero-order valence-corrected chi connectivity index (χ0v) is 20.0. The third-order valence-corrected chi connectivity index (χ3v) is 5.64. The van der Waals surface area contributed by atoms with Crippen molar-refractivity contribution in [2.75, 3.05) is 6.61 Å². The molecule has 31 heavy (non-hydrogen) atoms. The minimum atomic E-state index is -0.298. The molecule has 0 aliphatic rings. The first-order chi connectivity index (χ1) is 14.4. The number of unbranched alkanes of at least 4 members (excludes halogenated alkanes) is 3. The summed E-state index contributed by atoms with van der Waals surface area (Å²) < 4.78 is 3.51. The summed E-state index contributed by atoms with van der Waals surface area (Å²) in [5.41, 5.74) is 1.80. The van der Waals surface area contributed by atoms with E-state index < -0.39 is 0 Å². The van der Waals surface area contributed by atoms with Crippen molar-refractivity contribution in [2.24, 2.45) is 0 Å². The van der Waals surface area contributed by atoms with E-state index in [0.29, 0.717) is 11.2 Å². The number of carbonyl (C=O) groups is 1. The zero-order valence-electron chi connectivity index (χ0n) is 20.0. The van der Waals surface area contributed by atoms with E-state index in [0.717, 1.165) is 43.4 Å². The summed E-state index contributed by atoms with van der Waals surface area (Å²) in [6.45, 7) is 13.2. The Kier molecular flexibility index (Phi) is 7.93. The Labute approximate surface area is 186 Å². The van der Waals surface area contributed by atoms with Gasteiger partial charge in [-0.25, -0.2) is 0 Å². The van der Waals surface area contributed by atoms with Gasteiger partial charge in [0.25, 0.3) is 0 Å². The van der Waals surface area contributed by atoms with Crippen molar-refractivity contribution in [3.63, 3.8) is 0 Å². The summed E-state index contributed by atoms with van der Waals surface area (Å²) in [7, 11) is 0. The molecule has 0 fully saturated rings. The average molecular weight is 430 g/mol. The summed E-state index contributed by atoms with van der Waals surface area (Å²) in [5.74, 6) is 0.188. The van der Waals surface area contributed by atoms with Gasteiger partial charge in [0, 0.05) is 42.2 Å². The lowest BCUT2D eigenvalue weighted by Crippen LogP contribution is -2.27. The molecule has 0 saturated heterocycles. The molecule has 2 rings (SSSR count). The molecule has 0 spiro atoms. The fourth-order valence-corrected chi connectivity index (χ4v) is 3.71. The fourth-order valence-electron chi connectivity index (χ4n) is 3.71. The summed E-state index contributed by atoms with van der Waals surface area (Å²) >= 11 is 0. The Balaban J connectivity index is 2.25. The first-order valence-electron chi connectivity index (χ1n) is 11.2. The van der Waals surface area contributed by atoms with Gasteiger partial charge in [0.1, 0.15) is 5.75 Å². The molecule has 0 aliphatic carbocycles. The predicted molar refractivity (Wildman–Crippen MR) is 124 cm³/mol. The number of benzene rings is 1. The molecular formula is C25H39N3O3. The maximum absolute atomic E-state index is 13.2. The molecule has 1 aromatic carbocycles. The van der Waals surface area contributed by atoms with Crippen molar-refractivity contribution >= 4 is 5.78 Å². The van der Waals surface area contributed by atoms with Gasteiger partial charge in [-0.3, -0.25) is 10.2 Å². The molecule has 1 aromatic heterocycles. The van der Waals surface area contributed by atoms with Crippen LogP contribution in [0.4, 0.5) is 0 Å². The quantitative estimate of drug-likeness (QED) is 0.405. The molecule has 6 nitrogen and oxygen atoms in total. The highest BCUT2D eigenvalue weighted by Crippen LogP contribution is 2.39. The molecule has 0 bridgehead atoms. The highest BCUT2D eigenvalue weighted by molar-refractivity contribution is 5.96. The Morgan fingerprint density at radius 3 is 1.94 bits per heavy atom. The van der Waals surface area contributed by atoms with Crippen molar-refractivity contribution in [1.29, 1.82) is 5.41 Å². The van der Waals surface area contributed by atoms with E-state index in [9.17, 15) is 9.90 Å². The normalized spacial score (nSPS) is 12.4. The van der Waals surface area contributed by atoms with E-state index in [1.165, 1.54) is 0 Å². The van der Waals surface area contributed by atoms with Gasteiger partial charge in [-0.05, 0) is 35.8 Å². The van der Waals surface area contributed by atoms with Crippen LogP contribution in [-0.4, -0.2) is 31.7 Å². The number of ketones is 1. The second-order valence-corrected chi connectivity index (χ2v) is 10.4. The minimum Gasteiger partial charge on any atom is -0.507 e. The summed E-state index contributed by atoms with van der Waals surface area (Å²) in [6, 6.07) is 3.60. The van der Waals surface area contributed by atoms with Crippen LogP contribution >= 0.6 is 0 Å². The lowest BCUT2D eigenvalue weighted by atomic mass is 9.78.